The Morgan fingerprint density at radius 3 is 3.00 bits per heavy atom. The number of anilines is 1. The molecule has 1 aromatic heterocycles. The molecule has 1 saturated carbocycles. The molecule has 1 aliphatic rings. The van der Waals surface area contributed by atoms with Crippen molar-refractivity contribution in [3.05, 3.63) is 12.0 Å². The van der Waals surface area contributed by atoms with Crippen LogP contribution in [-0.4, -0.2) is 36.8 Å². The fourth-order valence-corrected chi connectivity index (χ4v) is 2.27. The zero-order valence-corrected chi connectivity index (χ0v) is 11.9. The number of aromatic nitrogens is 1. The number of hydrogen-bond donors (Lipinski definition) is 1. The zero-order valence-electron chi connectivity index (χ0n) is 11.9. The summed E-state index contributed by atoms with van der Waals surface area (Å²) in [5.41, 5.74) is 0.183. The van der Waals surface area contributed by atoms with Crippen LogP contribution in [0.3, 0.4) is 0 Å². The SMILES string of the molecule is CCOC(=O)c1coc(NCCOC2CCCCC2)n1. The van der Waals surface area contributed by atoms with E-state index < -0.39 is 5.97 Å². The van der Waals surface area contributed by atoms with Gasteiger partial charge in [-0.2, -0.15) is 4.98 Å². The second-order valence-corrected chi connectivity index (χ2v) is 4.82. The molecule has 0 amide bonds. The Labute approximate surface area is 118 Å². The Morgan fingerprint density at radius 1 is 1.45 bits per heavy atom. The highest BCUT2D eigenvalue weighted by Gasteiger charge is 2.14. The molecule has 1 N–H and O–H groups in total. The minimum absolute atomic E-state index is 0.183. The van der Waals surface area contributed by atoms with Gasteiger partial charge in [-0.25, -0.2) is 4.79 Å². The number of rotatable bonds is 7. The highest BCUT2D eigenvalue weighted by molar-refractivity contribution is 5.87. The van der Waals surface area contributed by atoms with Crippen molar-refractivity contribution in [1.82, 2.24) is 4.98 Å². The van der Waals surface area contributed by atoms with E-state index in [9.17, 15) is 4.79 Å². The molecule has 20 heavy (non-hydrogen) atoms. The third-order valence-corrected chi connectivity index (χ3v) is 3.27. The summed E-state index contributed by atoms with van der Waals surface area (Å²) >= 11 is 0. The molecule has 0 unspecified atom stereocenters. The van der Waals surface area contributed by atoms with Gasteiger partial charge in [0.05, 0.1) is 19.3 Å². The van der Waals surface area contributed by atoms with Crippen molar-refractivity contribution >= 4 is 12.0 Å². The number of oxazole rings is 1. The van der Waals surface area contributed by atoms with Crippen molar-refractivity contribution in [2.24, 2.45) is 0 Å². The zero-order chi connectivity index (χ0) is 14.2. The highest BCUT2D eigenvalue weighted by atomic mass is 16.5. The Hall–Kier alpha value is -1.56. The lowest BCUT2D eigenvalue weighted by molar-refractivity contribution is 0.0346. The largest absolute Gasteiger partial charge is 0.461 e. The lowest BCUT2D eigenvalue weighted by Crippen LogP contribution is -2.20. The summed E-state index contributed by atoms with van der Waals surface area (Å²) in [6.45, 7) is 3.30. The minimum Gasteiger partial charge on any atom is -0.461 e. The Balaban J connectivity index is 1.65. The normalized spacial score (nSPS) is 16.1. The van der Waals surface area contributed by atoms with Crippen LogP contribution in [0.5, 0.6) is 0 Å². The van der Waals surface area contributed by atoms with Crippen molar-refractivity contribution in [2.45, 2.75) is 45.1 Å². The van der Waals surface area contributed by atoms with Crippen LogP contribution in [0.2, 0.25) is 0 Å². The van der Waals surface area contributed by atoms with Crippen LogP contribution in [-0.2, 0) is 9.47 Å². The van der Waals surface area contributed by atoms with Gasteiger partial charge in [0, 0.05) is 6.54 Å². The predicted molar refractivity (Wildman–Crippen MR) is 73.8 cm³/mol. The highest BCUT2D eigenvalue weighted by Crippen LogP contribution is 2.20. The summed E-state index contributed by atoms with van der Waals surface area (Å²) in [5, 5.41) is 2.99. The molecule has 6 heteroatoms. The lowest BCUT2D eigenvalue weighted by atomic mass is 9.98. The Kier molecular flexibility index (Phi) is 5.86. The third-order valence-electron chi connectivity index (χ3n) is 3.27. The molecule has 0 spiro atoms. The van der Waals surface area contributed by atoms with E-state index >= 15 is 0 Å². The topological polar surface area (TPSA) is 73.6 Å². The molecule has 1 fully saturated rings. The lowest BCUT2D eigenvalue weighted by Gasteiger charge is -2.21. The number of esters is 1. The average molecular weight is 282 g/mol. The van der Waals surface area contributed by atoms with Crippen LogP contribution in [0, 0.1) is 0 Å². The van der Waals surface area contributed by atoms with Gasteiger partial charge in [0.25, 0.3) is 6.01 Å². The maximum atomic E-state index is 11.4. The van der Waals surface area contributed by atoms with E-state index in [0.717, 1.165) is 12.8 Å². The number of ether oxygens (including phenoxy) is 2. The molecule has 6 nitrogen and oxygen atoms in total. The first-order valence-electron chi connectivity index (χ1n) is 7.27. The smallest absolute Gasteiger partial charge is 0.360 e. The second kappa shape index (κ2) is 7.89. The molecule has 1 aromatic rings. The summed E-state index contributed by atoms with van der Waals surface area (Å²) in [7, 11) is 0. The van der Waals surface area contributed by atoms with E-state index in [4.69, 9.17) is 13.9 Å². The summed E-state index contributed by atoms with van der Waals surface area (Å²) in [6, 6.07) is 0.320. The summed E-state index contributed by atoms with van der Waals surface area (Å²) < 4.78 is 15.8. The van der Waals surface area contributed by atoms with Crippen LogP contribution in [0.15, 0.2) is 10.7 Å². The van der Waals surface area contributed by atoms with Crippen molar-refractivity contribution in [2.75, 3.05) is 25.1 Å². The second-order valence-electron chi connectivity index (χ2n) is 4.82. The fraction of sp³-hybridized carbons (Fsp3) is 0.714. The molecule has 1 heterocycles. The third kappa shape index (κ3) is 4.52. The van der Waals surface area contributed by atoms with E-state index in [1.807, 2.05) is 0 Å². The van der Waals surface area contributed by atoms with Crippen molar-refractivity contribution in [3.8, 4) is 0 Å². The van der Waals surface area contributed by atoms with Crippen molar-refractivity contribution in [1.29, 1.82) is 0 Å². The van der Waals surface area contributed by atoms with Crippen LogP contribution < -0.4 is 5.32 Å². The Morgan fingerprint density at radius 2 is 2.25 bits per heavy atom. The number of nitrogens with zero attached hydrogens (tertiary/aromatic N) is 1. The molecule has 0 aromatic carbocycles. The van der Waals surface area contributed by atoms with Crippen LogP contribution in [0.25, 0.3) is 0 Å². The maximum Gasteiger partial charge on any atom is 0.360 e. The molecule has 2 rings (SSSR count). The monoisotopic (exact) mass is 282 g/mol. The van der Waals surface area contributed by atoms with Gasteiger partial charge in [0.15, 0.2) is 5.69 Å². The summed E-state index contributed by atoms with van der Waals surface area (Å²) in [4.78, 5) is 15.4. The van der Waals surface area contributed by atoms with E-state index in [0.29, 0.717) is 31.9 Å². The van der Waals surface area contributed by atoms with Crippen molar-refractivity contribution in [3.63, 3.8) is 0 Å². The van der Waals surface area contributed by atoms with E-state index in [-0.39, 0.29) is 5.69 Å². The quantitative estimate of drug-likeness (QED) is 0.612. The van der Waals surface area contributed by atoms with Crippen LogP contribution in [0.4, 0.5) is 6.01 Å². The molecule has 0 bridgehead atoms. The maximum absolute atomic E-state index is 11.4. The van der Waals surface area contributed by atoms with E-state index in [2.05, 4.69) is 10.3 Å². The first kappa shape index (κ1) is 14.8. The molecule has 0 aliphatic heterocycles. The first-order chi connectivity index (χ1) is 9.79. The van der Waals surface area contributed by atoms with Crippen molar-refractivity contribution < 1.29 is 18.7 Å². The van der Waals surface area contributed by atoms with E-state index in [1.54, 1.807) is 6.92 Å². The minimum atomic E-state index is -0.470. The number of carbonyl (C=O) groups excluding carboxylic acids is 1. The number of nitrogens with one attached hydrogen (secondary N) is 1. The molecular formula is C14H22N2O4. The summed E-state index contributed by atoms with van der Waals surface area (Å²) in [6.07, 6.45) is 7.86. The van der Waals surface area contributed by atoms with Gasteiger partial charge in [0.2, 0.25) is 0 Å². The number of hydrogen-bond acceptors (Lipinski definition) is 6. The predicted octanol–water partition coefficient (Wildman–Crippen LogP) is 2.61. The van der Waals surface area contributed by atoms with Gasteiger partial charge < -0.3 is 19.2 Å². The number of carbonyl (C=O) groups is 1. The van der Waals surface area contributed by atoms with Gasteiger partial charge >= 0.3 is 5.97 Å². The van der Waals surface area contributed by atoms with E-state index in [1.165, 1.54) is 25.5 Å². The van der Waals surface area contributed by atoms with Gasteiger partial charge in [-0.1, -0.05) is 19.3 Å². The van der Waals surface area contributed by atoms with Crippen LogP contribution >= 0.6 is 0 Å². The van der Waals surface area contributed by atoms with Gasteiger partial charge in [0.1, 0.15) is 6.26 Å². The molecule has 0 saturated heterocycles. The Bertz CT molecular complexity index is 413. The standard InChI is InChI=1S/C14H22N2O4/c1-2-18-13(17)12-10-20-14(16-12)15-8-9-19-11-6-4-3-5-7-11/h10-11H,2-9H2,1H3,(H,15,16). The molecule has 0 radical (unpaired) electrons. The molecular weight excluding hydrogens is 260 g/mol. The summed E-state index contributed by atoms with van der Waals surface area (Å²) in [5.74, 6) is -0.470. The fourth-order valence-electron chi connectivity index (χ4n) is 2.27. The van der Waals surface area contributed by atoms with Gasteiger partial charge in [-0.3, -0.25) is 0 Å². The molecule has 1 aliphatic carbocycles. The van der Waals surface area contributed by atoms with Gasteiger partial charge in [-0.05, 0) is 19.8 Å². The molecule has 0 atom stereocenters. The average Bonchev–Trinajstić information content (AvgIpc) is 2.94. The van der Waals surface area contributed by atoms with Gasteiger partial charge in [-0.15, -0.1) is 0 Å². The first-order valence-corrected chi connectivity index (χ1v) is 7.27. The molecule has 112 valence electrons. The van der Waals surface area contributed by atoms with Crippen LogP contribution in [0.1, 0.15) is 49.5 Å².